The summed E-state index contributed by atoms with van der Waals surface area (Å²) in [6.07, 6.45) is 0. The van der Waals surface area contributed by atoms with Crippen molar-refractivity contribution in [2.75, 3.05) is 33.0 Å². The topological polar surface area (TPSA) is 112 Å². The number of aromatic nitrogens is 1. The van der Waals surface area contributed by atoms with Gasteiger partial charge in [-0.3, -0.25) is 0 Å². The first-order chi connectivity index (χ1) is 14.1. The van der Waals surface area contributed by atoms with Gasteiger partial charge in [0.25, 0.3) is 0 Å². The van der Waals surface area contributed by atoms with E-state index in [1.807, 2.05) is 19.9 Å². The molecule has 0 aliphatic rings. The van der Waals surface area contributed by atoms with Crippen LogP contribution in [0.1, 0.15) is 20.9 Å². The number of carbonyl (C=O) groups is 1. The van der Waals surface area contributed by atoms with Crippen LogP contribution in [0.4, 0.5) is 5.69 Å². The van der Waals surface area contributed by atoms with Gasteiger partial charge in [-0.15, -0.1) is 11.3 Å². The Kier molecular flexibility index (Phi) is 6.30. The van der Waals surface area contributed by atoms with E-state index in [0.29, 0.717) is 21.1 Å². The molecule has 2 aromatic heterocycles. The lowest BCUT2D eigenvalue weighted by molar-refractivity contribution is 0.0457. The number of aryl methyl sites for hydroxylation is 2. The van der Waals surface area contributed by atoms with Crippen molar-refractivity contribution in [2.45, 2.75) is 18.7 Å². The molecule has 3 rings (SSSR count). The standard InChI is InChI=1S/C20H23N3O5S2/c1-12-11-13(2)22-19-16(12)17(21)18(29-19)20(24)28-10-9-27-14-5-7-15(8-6-14)30(25,26)23(3)4/h5-8,11H,9-10,21H2,1-4H3. The second-order valence-corrected chi connectivity index (χ2v) is 10.00. The number of nitrogens with zero attached hydrogens (tertiary/aromatic N) is 2. The van der Waals surface area contributed by atoms with Gasteiger partial charge in [0.2, 0.25) is 10.0 Å². The van der Waals surface area contributed by atoms with E-state index in [0.717, 1.165) is 20.9 Å². The lowest BCUT2D eigenvalue weighted by Gasteiger charge is -2.12. The van der Waals surface area contributed by atoms with Gasteiger partial charge in [0.15, 0.2) is 0 Å². The van der Waals surface area contributed by atoms with E-state index >= 15 is 0 Å². The van der Waals surface area contributed by atoms with Crippen molar-refractivity contribution in [3.63, 3.8) is 0 Å². The molecule has 0 saturated carbocycles. The molecule has 0 unspecified atom stereocenters. The minimum absolute atomic E-state index is 0.0235. The van der Waals surface area contributed by atoms with E-state index in [2.05, 4.69) is 4.98 Å². The maximum atomic E-state index is 12.4. The molecule has 2 N–H and O–H groups in total. The van der Waals surface area contributed by atoms with Gasteiger partial charge >= 0.3 is 5.97 Å². The van der Waals surface area contributed by atoms with Crippen molar-refractivity contribution >= 4 is 43.2 Å². The Morgan fingerprint density at radius 2 is 1.83 bits per heavy atom. The summed E-state index contributed by atoms with van der Waals surface area (Å²) in [6, 6.07) is 7.96. The van der Waals surface area contributed by atoms with Crippen molar-refractivity contribution in [1.29, 1.82) is 0 Å². The molecule has 0 aliphatic carbocycles. The second kappa shape index (κ2) is 8.58. The summed E-state index contributed by atoms with van der Waals surface area (Å²) in [6.45, 7) is 3.96. The number of ether oxygens (including phenoxy) is 2. The molecule has 160 valence electrons. The number of fused-ring (bicyclic) bond motifs is 1. The molecule has 3 aromatic rings. The maximum Gasteiger partial charge on any atom is 0.350 e. The van der Waals surface area contributed by atoms with Crippen LogP contribution in [0.5, 0.6) is 5.75 Å². The number of thiophene rings is 1. The SMILES string of the molecule is Cc1cc(C)c2c(N)c(C(=O)OCCOc3ccc(S(=O)(=O)N(C)C)cc3)sc2n1. The maximum absolute atomic E-state index is 12.4. The smallest absolute Gasteiger partial charge is 0.350 e. The third-order valence-electron chi connectivity index (χ3n) is 4.40. The first kappa shape index (κ1) is 22.0. The van der Waals surface area contributed by atoms with Gasteiger partial charge in [-0.25, -0.2) is 22.5 Å². The molecule has 1 aromatic carbocycles. The third kappa shape index (κ3) is 4.40. The minimum atomic E-state index is -3.49. The zero-order valence-electron chi connectivity index (χ0n) is 17.1. The summed E-state index contributed by atoms with van der Waals surface area (Å²) in [5.74, 6) is -0.0518. The number of rotatable bonds is 7. The Morgan fingerprint density at radius 3 is 2.47 bits per heavy atom. The van der Waals surface area contributed by atoms with Crippen LogP contribution in [0.25, 0.3) is 10.2 Å². The quantitative estimate of drug-likeness (QED) is 0.436. The molecule has 0 bridgehead atoms. The largest absolute Gasteiger partial charge is 0.490 e. The zero-order chi connectivity index (χ0) is 22.1. The summed E-state index contributed by atoms with van der Waals surface area (Å²) in [5.41, 5.74) is 8.35. The molecule has 30 heavy (non-hydrogen) atoms. The van der Waals surface area contributed by atoms with Crippen molar-refractivity contribution in [3.8, 4) is 5.75 Å². The number of hydrogen-bond acceptors (Lipinski definition) is 8. The Labute approximate surface area is 179 Å². The van der Waals surface area contributed by atoms with Gasteiger partial charge in [-0.2, -0.15) is 0 Å². The molecule has 8 nitrogen and oxygen atoms in total. The van der Waals surface area contributed by atoms with Gasteiger partial charge in [0, 0.05) is 25.2 Å². The number of nitrogen functional groups attached to an aromatic ring is 1. The van der Waals surface area contributed by atoms with Crippen molar-refractivity contribution in [2.24, 2.45) is 0 Å². The van der Waals surface area contributed by atoms with Crippen molar-refractivity contribution in [3.05, 3.63) is 46.5 Å². The molecule has 10 heteroatoms. The first-order valence-electron chi connectivity index (χ1n) is 9.10. The summed E-state index contributed by atoms with van der Waals surface area (Å²) < 4.78 is 36.1. The van der Waals surface area contributed by atoms with Crippen LogP contribution in [0.2, 0.25) is 0 Å². The number of pyridine rings is 1. The molecule has 0 spiro atoms. The summed E-state index contributed by atoms with van der Waals surface area (Å²) in [7, 11) is -0.553. The lowest BCUT2D eigenvalue weighted by atomic mass is 10.1. The molecule has 0 fully saturated rings. The molecule has 0 aliphatic heterocycles. The van der Waals surface area contributed by atoms with Crippen LogP contribution >= 0.6 is 11.3 Å². The highest BCUT2D eigenvalue weighted by Crippen LogP contribution is 2.35. The number of anilines is 1. The van der Waals surface area contributed by atoms with Gasteiger partial charge in [-0.1, -0.05) is 0 Å². The number of carbonyl (C=O) groups excluding carboxylic acids is 1. The van der Waals surface area contributed by atoms with Gasteiger partial charge in [-0.05, 0) is 49.7 Å². The van der Waals surface area contributed by atoms with Crippen LogP contribution in [0.15, 0.2) is 35.2 Å². The highest BCUT2D eigenvalue weighted by molar-refractivity contribution is 7.89. The predicted octanol–water partition coefficient (Wildman–Crippen LogP) is 2.98. The highest BCUT2D eigenvalue weighted by Gasteiger charge is 2.20. The predicted molar refractivity (Wildman–Crippen MR) is 117 cm³/mol. The van der Waals surface area contributed by atoms with Crippen LogP contribution in [0.3, 0.4) is 0 Å². The Bertz CT molecular complexity index is 1190. The second-order valence-electron chi connectivity index (χ2n) is 6.85. The van der Waals surface area contributed by atoms with E-state index in [1.165, 1.54) is 37.6 Å². The van der Waals surface area contributed by atoms with Gasteiger partial charge < -0.3 is 15.2 Å². The fraction of sp³-hybridized carbons (Fsp3) is 0.300. The molecule has 0 saturated heterocycles. The highest BCUT2D eigenvalue weighted by atomic mass is 32.2. The first-order valence-corrected chi connectivity index (χ1v) is 11.4. The van der Waals surface area contributed by atoms with E-state index in [1.54, 1.807) is 12.1 Å². The minimum Gasteiger partial charge on any atom is -0.490 e. The number of nitrogens with two attached hydrogens (primary N) is 1. The van der Waals surface area contributed by atoms with Crippen molar-refractivity contribution in [1.82, 2.24) is 9.29 Å². The van der Waals surface area contributed by atoms with Crippen LogP contribution in [0, 0.1) is 13.8 Å². The van der Waals surface area contributed by atoms with E-state index < -0.39 is 16.0 Å². The zero-order valence-corrected chi connectivity index (χ0v) is 18.8. The van der Waals surface area contributed by atoms with Crippen LogP contribution in [-0.2, 0) is 14.8 Å². The van der Waals surface area contributed by atoms with E-state index in [9.17, 15) is 13.2 Å². The average molecular weight is 450 g/mol. The number of hydrogen-bond donors (Lipinski definition) is 1. The Morgan fingerprint density at radius 1 is 1.17 bits per heavy atom. The number of benzene rings is 1. The number of sulfonamides is 1. The molecular formula is C20H23N3O5S2. The Hall–Kier alpha value is -2.69. The molecule has 0 amide bonds. The van der Waals surface area contributed by atoms with Gasteiger partial charge in [0.1, 0.15) is 28.7 Å². The number of esters is 1. The third-order valence-corrected chi connectivity index (χ3v) is 7.31. The Balaban J connectivity index is 1.58. The molecular weight excluding hydrogens is 426 g/mol. The average Bonchev–Trinajstić information content (AvgIpc) is 3.01. The van der Waals surface area contributed by atoms with E-state index in [-0.39, 0.29) is 18.1 Å². The van der Waals surface area contributed by atoms with Crippen molar-refractivity contribution < 1.29 is 22.7 Å². The molecule has 0 atom stereocenters. The normalized spacial score (nSPS) is 11.8. The molecule has 0 radical (unpaired) electrons. The van der Waals surface area contributed by atoms with Gasteiger partial charge in [0.05, 0.1) is 10.6 Å². The summed E-state index contributed by atoms with van der Waals surface area (Å²) in [4.78, 5) is 18.1. The lowest BCUT2D eigenvalue weighted by Crippen LogP contribution is -2.22. The summed E-state index contributed by atoms with van der Waals surface area (Å²) in [5, 5.41) is 0.779. The van der Waals surface area contributed by atoms with Crippen LogP contribution < -0.4 is 10.5 Å². The van der Waals surface area contributed by atoms with E-state index in [4.69, 9.17) is 15.2 Å². The van der Waals surface area contributed by atoms with Crippen LogP contribution in [-0.4, -0.2) is 51.0 Å². The summed E-state index contributed by atoms with van der Waals surface area (Å²) >= 11 is 1.21. The monoisotopic (exact) mass is 449 g/mol. The molecule has 2 heterocycles. The fourth-order valence-electron chi connectivity index (χ4n) is 2.90. The fourth-order valence-corrected chi connectivity index (χ4v) is 4.91.